The van der Waals surface area contributed by atoms with E-state index in [-0.39, 0.29) is 60.5 Å². The molecule has 0 fully saturated rings. The van der Waals surface area contributed by atoms with Crippen LogP contribution in [0.3, 0.4) is 0 Å². The predicted octanol–water partition coefficient (Wildman–Crippen LogP) is 13.1. The SMILES string of the molecule is C.C(/C=C/Nc1ccccc1)=Nc1ccccc1.CCCC(=O)c1cc(-c2ccc3c4c(ccc3c2)[N+](CCCS(=O)(=O)[O-])=C(/C=C/C=C/N(C(C)=O)c2ccccc2)C4(C)C)cc(C(=O)CCC)n1.CCCC(=O)c1cc(-c2ccc3c4c(ccc3c2)[N+](CCCS(=O)(=O)[O-])=C(C)C4(C)C)cc(C(=O)CCC)n1.O=S(=O)=O.O=S(=O)=O.O=S(=O)=O.O=S(=O)=O.O=S(=O)=O.O=S(=O)=O. The summed E-state index contributed by atoms with van der Waals surface area (Å²) in [5.74, 6) is -1.33. The van der Waals surface area contributed by atoms with Crippen molar-refractivity contribution in [3.63, 3.8) is 0 Å². The van der Waals surface area contributed by atoms with Gasteiger partial charge in [-0.25, -0.2) is 26.8 Å². The molecular formula is C89H99N7O29S8. The average molecular weight is 1990 g/mol. The third-order valence-corrected chi connectivity index (χ3v) is 20.7. The van der Waals surface area contributed by atoms with Crippen molar-refractivity contribution in [1.29, 1.82) is 0 Å². The molecule has 44 heteroatoms. The van der Waals surface area contributed by atoms with Crippen molar-refractivity contribution in [2.45, 2.75) is 152 Å². The zero-order chi connectivity index (χ0) is 99.4. The number of rotatable bonds is 30. The van der Waals surface area contributed by atoms with Crippen LogP contribution in [0.5, 0.6) is 0 Å². The molecule has 0 aliphatic carbocycles. The molecule has 2 aromatic heterocycles. The molecule has 1 amide bonds. The van der Waals surface area contributed by atoms with Crippen molar-refractivity contribution in [2.24, 2.45) is 4.99 Å². The maximum atomic E-state index is 12.9. The molecule has 133 heavy (non-hydrogen) atoms. The van der Waals surface area contributed by atoms with E-state index in [0.29, 0.717) is 87.2 Å². The highest BCUT2D eigenvalue weighted by atomic mass is 32.2. The van der Waals surface area contributed by atoms with E-state index in [2.05, 4.69) is 69.3 Å². The molecule has 0 radical (unpaired) electrons. The van der Waals surface area contributed by atoms with Gasteiger partial charge in [0.2, 0.25) is 17.3 Å². The van der Waals surface area contributed by atoms with Crippen LogP contribution < -0.4 is 10.2 Å². The van der Waals surface area contributed by atoms with E-state index in [1.165, 1.54) is 6.92 Å². The number of ketones is 4. The van der Waals surface area contributed by atoms with Crippen molar-refractivity contribution < 1.29 is 135 Å². The van der Waals surface area contributed by atoms with Crippen molar-refractivity contribution in [1.82, 2.24) is 9.97 Å². The molecule has 0 bridgehead atoms. The number of aromatic nitrogens is 2. The van der Waals surface area contributed by atoms with Crippen LogP contribution in [-0.2, 0) is 99.5 Å². The Hall–Kier alpha value is -12.9. The molecule has 36 nitrogen and oxygen atoms in total. The Bertz CT molecular complexity index is 6540. The molecule has 712 valence electrons. The largest absolute Gasteiger partial charge is 0.748 e. The zero-order valence-electron chi connectivity index (χ0n) is 73.0. The van der Waals surface area contributed by atoms with E-state index in [0.717, 1.165) is 94.8 Å². The first-order valence-corrected chi connectivity index (χ1v) is 48.9. The van der Waals surface area contributed by atoms with Gasteiger partial charge in [-0.3, -0.25) is 33.9 Å². The molecule has 0 unspecified atom stereocenters. The number of anilines is 2. The van der Waals surface area contributed by atoms with Crippen LogP contribution in [-0.4, -0.2) is 192 Å². The first-order chi connectivity index (χ1) is 62.0. The van der Waals surface area contributed by atoms with Crippen molar-refractivity contribution in [3.8, 4) is 22.3 Å². The van der Waals surface area contributed by atoms with Crippen LogP contribution in [0.25, 0.3) is 43.8 Å². The smallest absolute Gasteiger partial charge is 0.425 e. The second-order valence-corrected chi connectivity index (χ2v) is 34.6. The number of para-hydroxylation sites is 3. The number of hydrogen-bond acceptors (Lipinski definition) is 33. The number of pyridine rings is 2. The van der Waals surface area contributed by atoms with Gasteiger partial charge in [0.05, 0.1) is 36.8 Å². The van der Waals surface area contributed by atoms with Crippen LogP contribution in [0, 0.1) is 0 Å². The summed E-state index contributed by atoms with van der Waals surface area (Å²) >= 11 is 0. The normalized spacial score (nSPS) is 12.3. The number of allylic oxidation sites excluding steroid dienone is 4. The number of benzene rings is 7. The molecular weight excluding hydrogens is 1890 g/mol. The molecule has 2 aliphatic rings. The molecule has 9 aromatic rings. The van der Waals surface area contributed by atoms with E-state index in [4.69, 9.17) is 75.8 Å². The van der Waals surface area contributed by atoms with Crippen molar-refractivity contribution >= 4 is 181 Å². The van der Waals surface area contributed by atoms with Crippen LogP contribution in [0.1, 0.15) is 194 Å². The molecule has 2 aliphatic heterocycles. The maximum Gasteiger partial charge on any atom is 0.425 e. The fourth-order valence-corrected chi connectivity index (χ4v) is 14.6. The summed E-state index contributed by atoms with van der Waals surface area (Å²) < 4.78 is 224. The molecule has 1 N–H and O–H groups in total. The van der Waals surface area contributed by atoms with Gasteiger partial charge in [-0.15, -0.1) is 75.8 Å². The lowest BCUT2D eigenvalue weighted by Crippen LogP contribution is -2.28. The Labute approximate surface area is 780 Å². The number of nitrogens with zero attached hydrogens (tertiary/aromatic N) is 6. The number of amides is 1. The lowest BCUT2D eigenvalue weighted by atomic mass is 9.78. The lowest BCUT2D eigenvalue weighted by molar-refractivity contribution is -0.438. The Morgan fingerprint density at radius 2 is 0.789 bits per heavy atom. The summed E-state index contributed by atoms with van der Waals surface area (Å²) in [5.41, 5.74) is 12.6. The van der Waals surface area contributed by atoms with E-state index in [1.54, 1.807) is 47.7 Å². The fraction of sp³-hybridized carbons (Fsp3) is 0.303. The maximum absolute atomic E-state index is 12.9. The number of hydrogen-bond donors (Lipinski definition) is 1. The van der Waals surface area contributed by atoms with Gasteiger partial charge in [0.1, 0.15) is 35.9 Å². The minimum absolute atomic E-state index is 0. The van der Waals surface area contributed by atoms with Gasteiger partial charge in [0.15, 0.2) is 34.6 Å². The van der Waals surface area contributed by atoms with Crippen LogP contribution >= 0.6 is 0 Å². The zero-order valence-corrected chi connectivity index (χ0v) is 79.5. The van der Waals surface area contributed by atoms with E-state index < -0.39 is 95.1 Å². The molecule has 0 saturated carbocycles. The predicted molar refractivity (Wildman–Crippen MR) is 498 cm³/mol. The highest BCUT2D eigenvalue weighted by Gasteiger charge is 2.46. The van der Waals surface area contributed by atoms with Crippen molar-refractivity contribution in [3.05, 3.63) is 247 Å². The Balaban J connectivity index is 0.000000640. The fourth-order valence-electron chi connectivity index (χ4n) is 13.7. The summed E-state index contributed by atoms with van der Waals surface area (Å²) in [4.78, 5) is 78.4. The number of aliphatic imine (C=N–C) groups is 1. The minimum Gasteiger partial charge on any atom is -0.748 e. The van der Waals surface area contributed by atoms with Gasteiger partial charge in [-0.05, 0) is 194 Å². The molecule has 11 rings (SSSR count). The van der Waals surface area contributed by atoms with Gasteiger partial charge in [0.25, 0.3) is 0 Å². The lowest BCUT2D eigenvalue weighted by Gasteiger charge is -2.18. The first-order valence-electron chi connectivity index (χ1n) is 39.8. The van der Waals surface area contributed by atoms with E-state index in [9.17, 15) is 49.9 Å². The van der Waals surface area contributed by atoms with Crippen LogP contribution in [0.15, 0.2) is 218 Å². The highest BCUT2D eigenvalue weighted by Crippen LogP contribution is 2.47. The number of carbonyl (C=O) groups excluding carboxylic acids is 5. The summed E-state index contributed by atoms with van der Waals surface area (Å²) in [6.07, 6.45) is 17.5. The van der Waals surface area contributed by atoms with Gasteiger partial charge in [0, 0.05) is 123 Å². The first kappa shape index (κ1) is 116. The van der Waals surface area contributed by atoms with Gasteiger partial charge >= 0.3 is 63.7 Å². The number of nitrogens with one attached hydrogen (secondary N) is 1. The second-order valence-electron chi connectivity index (χ2n) is 29.1. The summed E-state index contributed by atoms with van der Waals surface area (Å²) in [6.45, 7) is 20.6. The number of Topliss-reactive ketones (excluding diaryl/α,β-unsaturated/α-hetero) is 4. The van der Waals surface area contributed by atoms with Crippen LogP contribution in [0.4, 0.5) is 28.4 Å². The minimum atomic E-state index is -4.39. The van der Waals surface area contributed by atoms with E-state index >= 15 is 0 Å². The van der Waals surface area contributed by atoms with Crippen molar-refractivity contribution in [2.75, 3.05) is 34.8 Å². The van der Waals surface area contributed by atoms with Gasteiger partial charge in [-0.2, -0.15) is 9.15 Å². The third-order valence-electron chi connectivity index (χ3n) is 19.1. The van der Waals surface area contributed by atoms with Crippen LogP contribution in [0.2, 0.25) is 0 Å². The summed E-state index contributed by atoms with van der Waals surface area (Å²) in [7, 11) is -27.3. The molecule has 0 atom stereocenters. The van der Waals surface area contributed by atoms with Gasteiger partial charge < -0.3 is 14.4 Å². The topological polar surface area (TPSA) is 566 Å². The average Bonchev–Trinajstić information content (AvgIpc) is 1.57. The Kier molecular flexibility index (Phi) is 50.1. The summed E-state index contributed by atoms with van der Waals surface area (Å²) in [6, 6.07) is 56.6. The van der Waals surface area contributed by atoms with Gasteiger partial charge in [-0.1, -0.05) is 120 Å². The standard InChI is InChI=1S/C42H45N3O6S.C31H36N2O5S.C15H14N2.CH4.6O3S/c1-6-14-38(47)35-27-32(28-36(43-35)39(48)15-7-2)30-19-21-34-31(26-30)20-22-37-41(34)42(4,5)40(45(37)24-13-25-52(49,50)51)18-11-12-23-44(29(3)46)33-16-9-8-10-17-33;1-6-9-28(34)25-18-23(19-26(32-25)29(35)10-7-2)21-11-13-24-22(17-21)12-14-27-30(24)31(4,5)20(3)33(27)15-8-16-39(36,37)38;1-3-8-14(9-4-1)16-12-7-13-17-15-10-5-2-6-11-15;;6*1-4(2)3/h8-12,16-23,26-28H,6-7,13-15,24-25H2,1-5H3;11-14,17-19H,6-10,15-16H2,1-5H3;1-13,16H;1H4;;;;;;/b;;12-7+,17-13?;;;;;;;. The Morgan fingerprint density at radius 1 is 0.444 bits per heavy atom. The summed E-state index contributed by atoms with van der Waals surface area (Å²) in [5, 5.41) is 7.22. The number of carbonyl (C=O) groups is 5. The monoisotopic (exact) mass is 1990 g/mol. The molecule has 7 aromatic carbocycles. The Morgan fingerprint density at radius 3 is 1.15 bits per heavy atom. The molecule has 4 heterocycles. The number of fused-ring (bicyclic) bond motifs is 6. The highest BCUT2D eigenvalue weighted by molar-refractivity contribution is 7.85. The third kappa shape index (κ3) is 40.8. The quantitative estimate of drug-likeness (QED) is 0.0144. The molecule has 0 saturated heterocycles. The molecule has 0 spiro atoms. The van der Waals surface area contributed by atoms with E-state index in [1.807, 2.05) is 199 Å². The second kappa shape index (κ2) is 57.4.